The van der Waals surface area contributed by atoms with Gasteiger partial charge in [-0.3, -0.25) is 4.68 Å². The van der Waals surface area contributed by atoms with Crippen LogP contribution in [0.5, 0.6) is 0 Å². The molecule has 1 unspecified atom stereocenters. The summed E-state index contributed by atoms with van der Waals surface area (Å²) in [6, 6.07) is 7.23. The second kappa shape index (κ2) is 11.6. The van der Waals surface area contributed by atoms with Crippen LogP contribution < -0.4 is 5.32 Å². The molecule has 10 nitrogen and oxygen atoms in total. The zero-order chi connectivity index (χ0) is 31.5. The first-order valence-electron chi connectivity index (χ1n) is 15.6. The minimum Gasteiger partial charge on any atom is -0.465 e. The fourth-order valence-electron chi connectivity index (χ4n) is 7.43. The number of rotatable bonds is 8. The van der Waals surface area contributed by atoms with Crippen LogP contribution in [0.3, 0.4) is 0 Å². The molecule has 12 heteroatoms. The molecular formula is C33H38ClFN6O4. The first-order valence-corrected chi connectivity index (χ1v) is 16.0. The zero-order valence-electron chi connectivity index (χ0n) is 25.8. The van der Waals surface area contributed by atoms with Crippen molar-refractivity contribution in [2.24, 2.45) is 5.41 Å². The van der Waals surface area contributed by atoms with Gasteiger partial charge in [-0.15, -0.1) is 0 Å². The van der Waals surface area contributed by atoms with Crippen LogP contribution in [0.25, 0.3) is 33.3 Å². The summed E-state index contributed by atoms with van der Waals surface area (Å²) >= 11 is 7.15. The van der Waals surface area contributed by atoms with Gasteiger partial charge in [0.05, 0.1) is 29.4 Å². The highest BCUT2D eigenvalue weighted by Gasteiger charge is 2.55. The third kappa shape index (κ3) is 5.14. The van der Waals surface area contributed by atoms with Crippen molar-refractivity contribution < 1.29 is 23.8 Å². The van der Waals surface area contributed by atoms with Crippen molar-refractivity contribution in [3.63, 3.8) is 0 Å². The number of halogens is 2. The lowest BCUT2D eigenvalue weighted by Gasteiger charge is -2.58. The van der Waals surface area contributed by atoms with E-state index in [1.54, 1.807) is 13.2 Å². The molecule has 238 valence electrons. The molecule has 7 rings (SSSR count). The Morgan fingerprint density at radius 1 is 1.20 bits per heavy atom. The highest BCUT2D eigenvalue weighted by molar-refractivity contribution is 6.36. The maximum absolute atomic E-state index is 16.0. The molecule has 3 fully saturated rings. The molecule has 4 heterocycles. The van der Waals surface area contributed by atoms with Crippen LogP contribution in [0.15, 0.2) is 30.5 Å². The van der Waals surface area contributed by atoms with E-state index in [-0.39, 0.29) is 17.7 Å². The summed E-state index contributed by atoms with van der Waals surface area (Å²) in [7, 11) is 1.63. The second-order valence-electron chi connectivity index (χ2n) is 12.8. The van der Waals surface area contributed by atoms with Gasteiger partial charge in [-0.1, -0.05) is 11.6 Å². The van der Waals surface area contributed by atoms with E-state index in [9.17, 15) is 9.90 Å². The van der Waals surface area contributed by atoms with Gasteiger partial charge in [0.25, 0.3) is 0 Å². The highest BCUT2D eigenvalue weighted by atomic mass is 35.5. The summed E-state index contributed by atoms with van der Waals surface area (Å²) in [5.74, 6) is -0.393. The molecule has 1 aliphatic carbocycles. The van der Waals surface area contributed by atoms with Gasteiger partial charge < -0.3 is 24.8 Å². The quantitative estimate of drug-likeness (QED) is 0.200. The molecule has 2 N–H and O–H groups in total. The number of anilines is 1. The average molecular weight is 637 g/mol. The molecule has 2 saturated heterocycles. The molecule has 2 aromatic heterocycles. The monoisotopic (exact) mass is 636 g/mol. The molecule has 3 aliphatic rings. The number of carbonyl (C=O) groups is 1. The lowest BCUT2D eigenvalue weighted by Crippen LogP contribution is -2.63. The molecule has 2 aromatic carbocycles. The van der Waals surface area contributed by atoms with Crippen LogP contribution in [0.2, 0.25) is 5.02 Å². The molecule has 0 radical (unpaired) electrons. The zero-order valence-corrected chi connectivity index (χ0v) is 26.5. The lowest BCUT2D eigenvalue weighted by atomic mass is 9.61. The van der Waals surface area contributed by atoms with Gasteiger partial charge in [-0.05, 0) is 75.8 Å². The third-order valence-corrected chi connectivity index (χ3v) is 10.2. The molecular weight excluding hydrogens is 599 g/mol. The van der Waals surface area contributed by atoms with E-state index >= 15 is 4.39 Å². The van der Waals surface area contributed by atoms with Crippen molar-refractivity contribution >= 4 is 34.3 Å². The minimum absolute atomic E-state index is 0.0159. The van der Waals surface area contributed by atoms with E-state index in [4.69, 9.17) is 31.3 Å². The SMILES string of the molecule is COCCNc1ccc(-c2nn(C3CC4(C3)CN(C(=O)O)C4)c(C)c2-c2c(Cl)c(C)cc3c2cnn3C2CCCCO2)c(F)c1. The first-order chi connectivity index (χ1) is 21.7. The van der Waals surface area contributed by atoms with Crippen LogP contribution in [-0.2, 0) is 9.47 Å². The number of nitrogens with one attached hydrogen (secondary N) is 1. The van der Waals surface area contributed by atoms with Crippen molar-refractivity contribution in [2.45, 2.75) is 58.2 Å². The number of ether oxygens (including phenoxy) is 2. The largest absolute Gasteiger partial charge is 0.465 e. The number of fused-ring (bicyclic) bond motifs is 1. The predicted octanol–water partition coefficient (Wildman–Crippen LogP) is 7.05. The number of likely N-dealkylation sites (tertiary alicyclic amines) is 1. The molecule has 1 atom stereocenters. The number of aryl methyl sites for hydroxylation is 1. The van der Waals surface area contributed by atoms with Crippen LogP contribution in [0.1, 0.15) is 55.6 Å². The van der Waals surface area contributed by atoms with Gasteiger partial charge in [0.2, 0.25) is 0 Å². The molecule has 1 spiro atoms. The Morgan fingerprint density at radius 3 is 2.69 bits per heavy atom. The van der Waals surface area contributed by atoms with E-state index in [2.05, 4.69) is 5.32 Å². The van der Waals surface area contributed by atoms with Crippen molar-refractivity contribution in [1.29, 1.82) is 0 Å². The van der Waals surface area contributed by atoms with Crippen LogP contribution >= 0.6 is 11.6 Å². The summed E-state index contributed by atoms with van der Waals surface area (Å²) in [4.78, 5) is 12.9. The van der Waals surface area contributed by atoms with Gasteiger partial charge in [0.1, 0.15) is 11.5 Å². The van der Waals surface area contributed by atoms with Crippen LogP contribution in [0.4, 0.5) is 14.9 Å². The molecule has 1 amide bonds. The van der Waals surface area contributed by atoms with Crippen LogP contribution in [0, 0.1) is 25.1 Å². The maximum atomic E-state index is 16.0. The van der Waals surface area contributed by atoms with Crippen LogP contribution in [-0.4, -0.2) is 75.6 Å². The fraction of sp³-hybridized carbons (Fsp3) is 0.485. The topological polar surface area (TPSA) is 107 Å². The molecule has 2 aliphatic heterocycles. The first kappa shape index (κ1) is 30.0. The Labute approximate surface area is 266 Å². The Balaban J connectivity index is 1.34. The van der Waals surface area contributed by atoms with Gasteiger partial charge in [-0.25, -0.2) is 13.9 Å². The number of methoxy groups -OCH3 is 1. The Hall–Kier alpha value is -3.67. The summed E-state index contributed by atoms with van der Waals surface area (Å²) in [5, 5.41) is 23.9. The predicted molar refractivity (Wildman–Crippen MR) is 170 cm³/mol. The standard InChI is InChI=1S/C33H38ClFN6O4/c1-19-12-26-24(16-37-41(26)27-6-4-5-10-45-27)29(30(19)34)28-20(2)40(22-14-33(15-22)17-39(18-33)32(42)43)38-31(28)23-8-7-21(13-25(23)35)36-9-11-44-3/h7-8,12-13,16,22,27,36H,4-6,9-11,14-15,17-18H2,1-3H3,(H,42,43). The Kier molecular flexibility index (Phi) is 7.74. The van der Waals surface area contributed by atoms with E-state index in [1.165, 1.54) is 11.0 Å². The van der Waals surface area contributed by atoms with Gasteiger partial charge in [0.15, 0.2) is 6.23 Å². The normalized spacial score (nSPS) is 19.6. The summed E-state index contributed by atoms with van der Waals surface area (Å²) in [6.07, 6.45) is 5.43. The van der Waals surface area contributed by atoms with E-state index in [0.717, 1.165) is 65.4 Å². The van der Waals surface area contributed by atoms with Crippen molar-refractivity contribution in [3.05, 3.63) is 52.6 Å². The number of benzene rings is 2. The number of hydrogen-bond acceptors (Lipinski definition) is 6. The fourth-order valence-corrected chi connectivity index (χ4v) is 7.68. The van der Waals surface area contributed by atoms with Gasteiger partial charge in [0, 0.05) is 72.2 Å². The Morgan fingerprint density at radius 2 is 2.00 bits per heavy atom. The lowest BCUT2D eigenvalue weighted by molar-refractivity contribution is -0.0775. The number of nitrogens with zero attached hydrogens (tertiary/aromatic N) is 5. The minimum atomic E-state index is -0.878. The smallest absolute Gasteiger partial charge is 0.407 e. The molecule has 1 saturated carbocycles. The summed E-state index contributed by atoms with van der Waals surface area (Å²) in [5.41, 5.74) is 5.79. The highest BCUT2D eigenvalue weighted by Crippen LogP contribution is 2.55. The van der Waals surface area contributed by atoms with Gasteiger partial charge in [-0.2, -0.15) is 10.2 Å². The molecule has 45 heavy (non-hydrogen) atoms. The van der Waals surface area contributed by atoms with Crippen molar-refractivity contribution in [2.75, 3.05) is 45.3 Å². The second-order valence-corrected chi connectivity index (χ2v) is 13.2. The molecule has 0 bridgehead atoms. The third-order valence-electron chi connectivity index (χ3n) is 9.72. The van der Waals surface area contributed by atoms with E-state index in [0.29, 0.717) is 54.8 Å². The Bertz CT molecular complexity index is 1770. The average Bonchev–Trinajstić information content (AvgIpc) is 3.54. The van der Waals surface area contributed by atoms with Crippen molar-refractivity contribution in [1.82, 2.24) is 24.5 Å². The number of carboxylic acid groups (broad SMARTS) is 1. The van der Waals surface area contributed by atoms with Gasteiger partial charge >= 0.3 is 6.09 Å². The number of aromatic nitrogens is 4. The maximum Gasteiger partial charge on any atom is 0.407 e. The van der Waals surface area contributed by atoms with Crippen molar-refractivity contribution in [3.8, 4) is 22.4 Å². The number of hydrogen-bond donors (Lipinski definition) is 2. The summed E-state index contributed by atoms with van der Waals surface area (Å²) < 4.78 is 31.1. The summed E-state index contributed by atoms with van der Waals surface area (Å²) in [6.45, 7) is 6.83. The number of amides is 1. The molecule has 4 aromatic rings. The van der Waals surface area contributed by atoms with E-state index in [1.807, 2.05) is 41.5 Å². The van der Waals surface area contributed by atoms with E-state index < -0.39 is 11.9 Å².